The molecule has 4 aromatic rings. The number of hydrogen-bond acceptors (Lipinski definition) is 2. The van der Waals surface area contributed by atoms with Crippen molar-refractivity contribution in [2.75, 3.05) is 5.32 Å². The predicted octanol–water partition coefficient (Wildman–Crippen LogP) is 6.18. The van der Waals surface area contributed by atoms with E-state index in [2.05, 4.69) is 29.6 Å². The molecule has 3 aromatic carbocycles. The van der Waals surface area contributed by atoms with Crippen molar-refractivity contribution in [2.24, 2.45) is 0 Å². The second-order valence-electron chi connectivity index (χ2n) is 6.74. The number of thiophene rings is 1. The van der Waals surface area contributed by atoms with Crippen molar-refractivity contribution in [2.45, 2.75) is 12.3 Å². The Bertz CT molecular complexity index is 1170. The fourth-order valence-electron chi connectivity index (χ4n) is 3.91. The molecule has 132 valence electrons. The lowest BCUT2D eigenvalue weighted by atomic mass is 9.86. The van der Waals surface area contributed by atoms with Crippen LogP contribution in [0.3, 0.4) is 0 Å². The van der Waals surface area contributed by atoms with Gasteiger partial charge in [0, 0.05) is 33.7 Å². The Balaban J connectivity index is 1.70. The van der Waals surface area contributed by atoms with Crippen LogP contribution in [-0.2, 0) is 4.79 Å². The number of amides is 1. The number of nitrogens with one attached hydrogen (secondary N) is 1. The van der Waals surface area contributed by atoms with Crippen LogP contribution in [0.2, 0.25) is 0 Å². The number of carbonyl (C=O) groups excluding carboxylic acids is 1. The first-order valence-corrected chi connectivity index (χ1v) is 9.74. The van der Waals surface area contributed by atoms with Crippen LogP contribution in [0.1, 0.15) is 22.8 Å². The molecule has 0 aliphatic carbocycles. The first kappa shape index (κ1) is 16.2. The van der Waals surface area contributed by atoms with Gasteiger partial charge in [-0.2, -0.15) is 0 Å². The van der Waals surface area contributed by atoms with Crippen LogP contribution in [0, 0.1) is 5.82 Å². The number of carbonyl (C=O) groups is 1. The summed E-state index contributed by atoms with van der Waals surface area (Å²) >= 11 is 1.59. The average Bonchev–Trinajstić information content (AvgIpc) is 3.11. The van der Waals surface area contributed by atoms with Gasteiger partial charge in [-0.05, 0) is 22.4 Å². The zero-order chi connectivity index (χ0) is 18.4. The summed E-state index contributed by atoms with van der Waals surface area (Å²) in [4.78, 5) is 13.6. The first-order valence-electron chi connectivity index (χ1n) is 8.86. The highest BCUT2D eigenvalue weighted by Crippen LogP contribution is 2.48. The summed E-state index contributed by atoms with van der Waals surface area (Å²) in [6.45, 7) is 0. The molecule has 0 saturated carbocycles. The summed E-state index contributed by atoms with van der Waals surface area (Å²) in [5.74, 6) is -0.332. The molecule has 2 nitrogen and oxygen atoms in total. The minimum atomic E-state index is -0.278. The normalized spacial score (nSPS) is 16.2. The molecular formula is C23H16FNOS. The molecule has 0 fully saturated rings. The van der Waals surface area contributed by atoms with Gasteiger partial charge in [-0.25, -0.2) is 4.39 Å². The molecule has 4 heteroatoms. The molecule has 1 unspecified atom stereocenters. The fraction of sp³-hybridized carbons (Fsp3) is 0.0870. The van der Waals surface area contributed by atoms with Gasteiger partial charge in [0.25, 0.3) is 0 Å². The van der Waals surface area contributed by atoms with Crippen molar-refractivity contribution in [3.63, 3.8) is 0 Å². The molecule has 0 spiro atoms. The molecule has 27 heavy (non-hydrogen) atoms. The van der Waals surface area contributed by atoms with Crippen LogP contribution in [0.5, 0.6) is 0 Å². The maximum atomic E-state index is 14.3. The highest BCUT2D eigenvalue weighted by atomic mass is 32.1. The summed E-state index contributed by atoms with van der Waals surface area (Å²) < 4.78 is 14.3. The van der Waals surface area contributed by atoms with Gasteiger partial charge in [-0.3, -0.25) is 4.79 Å². The van der Waals surface area contributed by atoms with Crippen molar-refractivity contribution in [1.29, 1.82) is 0 Å². The first-order chi connectivity index (χ1) is 13.2. The largest absolute Gasteiger partial charge is 0.325 e. The van der Waals surface area contributed by atoms with Crippen molar-refractivity contribution < 1.29 is 9.18 Å². The number of anilines is 1. The Morgan fingerprint density at radius 2 is 1.70 bits per heavy atom. The predicted molar refractivity (Wildman–Crippen MR) is 109 cm³/mol. The minimum Gasteiger partial charge on any atom is -0.325 e. The summed E-state index contributed by atoms with van der Waals surface area (Å²) in [7, 11) is 0. The minimum absolute atomic E-state index is 0.0228. The van der Waals surface area contributed by atoms with E-state index in [1.165, 1.54) is 6.07 Å². The quantitative estimate of drug-likeness (QED) is 0.446. The fourth-order valence-corrected chi connectivity index (χ4v) is 5.05. The van der Waals surface area contributed by atoms with Crippen LogP contribution in [-0.4, -0.2) is 5.91 Å². The number of benzene rings is 3. The monoisotopic (exact) mass is 373 g/mol. The Morgan fingerprint density at radius 1 is 0.926 bits per heavy atom. The highest BCUT2D eigenvalue weighted by Gasteiger charge is 2.31. The van der Waals surface area contributed by atoms with Gasteiger partial charge in [0.05, 0.1) is 5.69 Å². The van der Waals surface area contributed by atoms with Gasteiger partial charge in [-0.1, -0.05) is 60.7 Å². The highest BCUT2D eigenvalue weighted by molar-refractivity contribution is 7.11. The zero-order valence-electron chi connectivity index (χ0n) is 14.4. The molecule has 1 atom stereocenters. The van der Waals surface area contributed by atoms with Gasteiger partial charge in [0.15, 0.2) is 0 Å². The second-order valence-corrected chi connectivity index (χ2v) is 7.65. The summed E-state index contributed by atoms with van der Waals surface area (Å²) in [5.41, 5.74) is 3.17. The van der Waals surface area contributed by atoms with Gasteiger partial charge in [0.1, 0.15) is 5.82 Å². The van der Waals surface area contributed by atoms with E-state index in [0.717, 1.165) is 32.5 Å². The van der Waals surface area contributed by atoms with E-state index >= 15 is 0 Å². The number of rotatable bonds is 2. The van der Waals surface area contributed by atoms with Crippen molar-refractivity contribution >= 4 is 33.7 Å². The Labute approximate surface area is 160 Å². The van der Waals surface area contributed by atoms with Gasteiger partial charge >= 0.3 is 0 Å². The van der Waals surface area contributed by atoms with Crippen LogP contribution in [0.25, 0.3) is 21.9 Å². The van der Waals surface area contributed by atoms with Crippen LogP contribution < -0.4 is 5.32 Å². The molecule has 0 radical (unpaired) electrons. The maximum absolute atomic E-state index is 14.3. The Kier molecular flexibility index (Phi) is 3.80. The van der Waals surface area contributed by atoms with E-state index in [1.54, 1.807) is 23.5 Å². The van der Waals surface area contributed by atoms with Gasteiger partial charge < -0.3 is 5.32 Å². The molecule has 5 rings (SSSR count). The number of halogens is 1. The lowest BCUT2D eigenvalue weighted by molar-refractivity contribution is -0.116. The molecule has 0 saturated heterocycles. The van der Waals surface area contributed by atoms with Crippen molar-refractivity contribution in [1.82, 2.24) is 0 Å². The van der Waals surface area contributed by atoms with E-state index in [9.17, 15) is 9.18 Å². The number of fused-ring (bicyclic) bond motifs is 2. The third-order valence-corrected chi connectivity index (χ3v) is 6.25. The lowest BCUT2D eigenvalue weighted by Gasteiger charge is -2.25. The van der Waals surface area contributed by atoms with Crippen molar-refractivity contribution in [3.05, 3.63) is 88.4 Å². The van der Waals surface area contributed by atoms with Gasteiger partial charge in [0.2, 0.25) is 5.91 Å². The maximum Gasteiger partial charge on any atom is 0.225 e. The Hall–Kier alpha value is -2.98. The Morgan fingerprint density at radius 3 is 2.59 bits per heavy atom. The van der Waals surface area contributed by atoms with Crippen LogP contribution in [0.15, 0.2) is 72.1 Å². The van der Waals surface area contributed by atoms with E-state index in [1.807, 2.05) is 29.6 Å². The lowest BCUT2D eigenvalue weighted by Crippen LogP contribution is -2.22. The van der Waals surface area contributed by atoms with E-state index in [-0.39, 0.29) is 17.6 Å². The summed E-state index contributed by atoms with van der Waals surface area (Å²) in [6, 6.07) is 21.1. The van der Waals surface area contributed by atoms with E-state index < -0.39 is 0 Å². The van der Waals surface area contributed by atoms with Gasteiger partial charge in [-0.15, -0.1) is 11.3 Å². The third kappa shape index (κ3) is 2.64. The standard InChI is InChI=1S/C23H16FNOS/c24-20-11-4-3-9-17(20)19-13-27-23-18(12-21(26)25-22(19)23)16-10-5-7-14-6-1-2-8-15(14)16/h1-11,13,18H,12H2,(H,25,26). The third-order valence-electron chi connectivity index (χ3n) is 5.15. The molecule has 1 aliphatic rings. The second kappa shape index (κ2) is 6.32. The topological polar surface area (TPSA) is 29.1 Å². The van der Waals surface area contributed by atoms with E-state index in [0.29, 0.717) is 12.0 Å². The van der Waals surface area contributed by atoms with E-state index in [4.69, 9.17) is 0 Å². The molecule has 1 amide bonds. The summed E-state index contributed by atoms with van der Waals surface area (Å²) in [6.07, 6.45) is 0.401. The number of hydrogen-bond donors (Lipinski definition) is 1. The zero-order valence-corrected chi connectivity index (χ0v) is 15.2. The molecule has 1 aliphatic heterocycles. The molecule has 1 N–H and O–H groups in total. The SMILES string of the molecule is O=C1CC(c2cccc3ccccc23)c2scc(-c3ccccc3F)c2N1. The molecule has 1 aromatic heterocycles. The van der Waals surface area contributed by atoms with Crippen LogP contribution in [0.4, 0.5) is 10.1 Å². The van der Waals surface area contributed by atoms with Crippen molar-refractivity contribution in [3.8, 4) is 11.1 Å². The molecular weight excluding hydrogens is 357 g/mol. The summed E-state index contributed by atoms with van der Waals surface area (Å²) in [5, 5.41) is 7.26. The molecule has 2 heterocycles. The average molecular weight is 373 g/mol. The van der Waals surface area contributed by atoms with Crippen LogP contribution >= 0.6 is 11.3 Å². The smallest absolute Gasteiger partial charge is 0.225 e. The molecule has 0 bridgehead atoms.